The molecule has 0 saturated heterocycles. The van der Waals surface area contributed by atoms with E-state index < -0.39 is 22.9 Å². The van der Waals surface area contributed by atoms with Gasteiger partial charge in [0.15, 0.2) is 0 Å². The monoisotopic (exact) mass is 301 g/mol. The van der Waals surface area contributed by atoms with Crippen molar-refractivity contribution < 1.29 is 44.2 Å². The van der Waals surface area contributed by atoms with Crippen molar-refractivity contribution in [1.29, 1.82) is 5.26 Å². The Bertz CT molecular complexity index is 571. The molecule has 6 heteroatoms. The van der Waals surface area contributed by atoms with Crippen LogP contribution in [0, 0.1) is 11.3 Å². The molecule has 0 N–H and O–H groups in total. The number of halogens is 1. The molecule has 0 spiro atoms. The maximum Gasteiger partial charge on any atom is 1.00 e. The summed E-state index contributed by atoms with van der Waals surface area (Å²) in [5.41, 5.74) is -1.15. The van der Waals surface area contributed by atoms with Crippen molar-refractivity contribution in [2.45, 2.75) is 26.4 Å². The molecule has 0 saturated carbocycles. The van der Waals surface area contributed by atoms with Crippen LogP contribution in [-0.2, 0) is 9.53 Å². The SMILES string of the molecule is CC(C)(C)OC(=O)C(C#N)=C([O-])c1cccc(Cl)c1.[Na+]. The van der Waals surface area contributed by atoms with E-state index in [0.29, 0.717) is 5.02 Å². The fourth-order valence-electron chi connectivity index (χ4n) is 1.29. The standard InChI is InChI=1S/C14H14ClNO3.Na/c1-14(2,3)19-13(18)11(8-16)12(17)9-5-4-6-10(15)7-9;/h4-7,17H,1-3H3;/q;+1/p-1. The van der Waals surface area contributed by atoms with Gasteiger partial charge in [0.1, 0.15) is 17.2 Å². The summed E-state index contributed by atoms with van der Waals surface area (Å²) in [6, 6.07) is 7.63. The first-order valence-electron chi connectivity index (χ1n) is 5.55. The average molecular weight is 302 g/mol. The van der Waals surface area contributed by atoms with E-state index in [9.17, 15) is 9.90 Å². The first-order chi connectivity index (χ1) is 8.74. The molecule has 0 aliphatic heterocycles. The largest absolute Gasteiger partial charge is 1.00 e. The topological polar surface area (TPSA) is 73.2 Å². The van der Waals surface area contributed by atoms with Gasteiger partial charge in [-0.25, -0.2) is 4.79 Å². The van der Waals surface area contributed by atoms with E-state index in [0.717, 1.165) is 0 Å². The maximum absolute atomic E-state index is 12.0. The van der Waals surface area contributed by atoms with E-state index in [1.54, 1.807) is 39.0 Å². The van der Waals surface area contributed by atoms with Crippen LogP contribution in [0.4, 0.5) is 0 Å². The molecule has 0 bridgehead atoms. The van der Waals surface area contributed by atoms with E-state index >= 15 is 0 Å². The number of nitriles is 1. The Morgan fingerprint density at radius 2 is 2.00 bits per heavy atom. The third-order valence-electron chi connectivity index (χ3n) is 2.03. The molecular weight excluding hydrogens is 289 g/mol. The van der Waals surface area contributed by atoms with Gasteiger partial charge in [-0.05, 0) is 38.5 Å². The minimum Gasteiger partial charge on any atom is -0.871 e. The van der Waals surface area contributed by atoms with Crippen LogP contribution < -0.4 is 34.7 Å². The molecule has 20 heavy (non-hydrogen) atoms. The zero-order valence-corrected chi connectivity index (χ0v) is 14.6. The number of ether oxygens (including phenoxy) is 1. The number of esters is 1. The number of benzene rings is 1. The summed E-state index contributed by atoms with van der Waals surface area (Å²) in [6.07, 6.45) is 0. The number of hydrogen-bond acceptors (Lipinski definition) is 4. The van der Waals surface area contributed by atoms with Gasteiger partial charge in [-0.1, -0.05) is 29.5 Å². The summed E-state index contributed by atoms with van der Waals surface area (Å²) < 4.78 is 5.01. The summed E-state index contributed by atoms with van der Waals surface area (Å²) in [5, 5.41) is 21.3. The van der Waals surface area contributed by atoms with Gasteiger partial charge in [-0.3, -0.25) is 0 Å². The molecule has 1 aromatic rings. The third-order valence-corrected chi connectivity index (χ3v) is 2.26. The van der Waals surface area contributed by atoms with E-state index in [2.05, 4.69) is 0 Å². The van der Waals surface area contributed by atoms with Gasteiger partial charge >= 0.3 is 35.5 Å². The maximum atomic E-state index is 12.0. The quantitative estimate of drug-likeness (QED) is 0.238. The molecule has 4 nitrogen and oxygen atoms in total. The normalized spacial score (nSPS) is 11.8. The predicted molar refractivity (Wildman–Crippen MR) is 69.8 cm³/mol. The Morgan fingerprint density at radius 1 is 1.40 bits per heavy atom. The molecule has 0 aromatic heterocycles. The van der Waals surface area contributed by atoms with Crippen molar-refractivity contribution in [2.75, 3.05) is 0 Å². The van der Waals surface area contributed by atoms with Gasteiger partial charge in [-0.2, -0.15) is 5.26 Å². The molecule has 0 fully saturated rings. The molecule has 1 aromatic carbocycles. The first-order valence-corrected chi connectivity index (χ1v) is 5.93. The minimum atomic E-state index is -0.931. The fourth-order valence-corrected chi connectivity index (χ4v) is 1.48. The average Bonchev–Trinajstić information content (AvgIpc) is 2.27. The summed E-state index contributed by atoms with van der Waals surface area (Å²) in [6.45, 7) is 4.97. The van der Waals surface area contributed by atoms with Gasteiger partial charge in [0, 0.05) is 5.02 Å². The number of nitrogens with zero attached hydrogens (tertiary/aromatic N) is 1. The van der Waals surface area contributed by atoms with Gasteiger partial charge in [0.05, 0.1) is 0 Å². The van der Waals surface area contributed by atoms with E-state index in [-0.39, 0.29) is 35.1 Å². The van der Waals surface area contributed by atoms with Crippen LogP contribution in [0.5, 0.6) is 0 Å². The zero-order chi connectivity index (χ0) is 14.6. The van der Waals surface area contributed by atoms with Crippen molar-refractivity contribution in [3.63, 3.8) is 0 Å². The Labute approximate surface area is 145 Å². The summed E-state index contributed by atoms with van der Waals surface area (Å²) in [7, 11) is 0. The smallest absolute Gasteiger partial charge is 0.871 e. The Hall–Kier alpha value is -0.990. The van der Waals surface area contributed by atoms with Gasteiger partial charge in [-0.15, -0.1) is 0 Å². The van der Waals surface area contributed by atoms with Crippen LogP contribution in [0.15, 0.2) is 29.8 Å². The van der Waals surface area contributed by atoms with Crippen molar-refractivity contribution in [3.8, 4) is 6.07 Å². The van der Waals surface area contributed by atoms with E-state index in [1.165, 1.54) is 12.1 Å². The van der Waals surface area contributed by atoms with Crippen LogP contribution in [0.1, 0.15) is 26.3 Å². The molecule has 0 aliphatic rings. The van der Waals surface area contributed by atoms with Crippen LogP contribution in [0.3, 0.4) is 0 Å². The molecule has 1 rings (SSSR count). The second-order valence-corrected chi connectivity index (χ2v) is 5.26. The van der Waals surface area contributed by atoms with E-state index in [4.69, 9.17) is 21.6 Å². The first kappa shape index (κ1) is 19.0. The third kappa shape index (κ3) is 5.56. The van der Waals surface area contributed by atoms with E-state index in [1.807, 2.05) is 0 Å². The summed E-state index contributed by atoms with van der Waals surface area (Å²) in [4.78, 5) is 11.8. The predicted octanol–water partition coefficient (Wildman–Crippen LogP) is -0.719. The Kier molecular flexibility index (Phi) is 7.32. The second-order valence-electron chi connectivity index (χ2n) is 4.83. The molecule has 0 atom stereocenters. The van der Waals surface area contributed by atoms with Gasteiger partial charge < -0.3 is 9.84 Å². The number of carbonyl (C=O) groups is 1. The summed E-state index contributed by atoms with van der Waals surface area (Å²) >= 11 is 5.76. The molecular formula is C14H13ClNNaO3. The molecule has 0 amide bonds. The van der Waals surface area contributed by atoms with Crippen LogP contribution in [-0.4, -0.2) is 11.6 Å². The van der Waals surface area contributed by atoms with Crippen LogP contribution >= 0.6 is 11.6 Å². The van der Waals surface area contributed by atoms with Crippen LogP contribution in [0.25, 0.3) is 5.76 Å². The number of hydrogen-bond donors (Lipinski definition) is 0. The van der Waals surface area contributed by atoms with Crippen molar-refractivity contribution in [2.24, 2.45) is 0 Å². The van der Waals surface area contributed by atoms with Gasteiger partial charge in [0.2, 0.25) is 0 Å². The van der Waals surface area contributed by atoms with Crippen molar-refractivity contribution in [1.82, 2.24) is 0 Å². The molecule has 0 heterocycles. The van der Waals surface area contributed by atoms with Crippen LogP contribution in [0.2, 0.25) is 5.02 Å². The summed E-state index contributed by atoms with van der Waals surface area (Å²) in [5.74, 6) is -1.63. The second kappa shape index (κ2) is 7.70. The molecule has 0 aliphatic carbocycles. The van der Waals surface area contributed by atoms with Crippen molar-refractivity contribution >= 4 is 23.3 Å². The Balaban J connectivity index is 0.00000361. The van der Waals surface area contributed by atoms with Gasteiger partial charge in [0.25, 0.3) is 0 Å². The molecule has 100 valence electrons. The zero-order valence-electron chi connectivity index (χ0n) is 11.9. The fraction of sp³-hybridized carbons (Fsp3) is 0.286. The molecule has 0 unspecified atom stereocenters. The Morgan fingerprint density at radius 3 is 2.45 bits per heavy atom. The number of carbonyl (C=O) groups excluding carboxylic acids is 1. The molecule has 0 radical (unpaired) electrons. The minimum absolute atomic E-state index is 0. The van der Waals surface area contributed by atoms with Crippen molar-refractivity contribution in [3.05, 3.63) is 40.4 Å². The number of rotatable bonds is 2.